The van der Waals surface area contributed by atoms with Gasteiger partial charge in [-0.2, -0.15) is 0 Å². The summed E-state index contributed by atoms with van der Waals surface area (Å²) in [7, 11) is 0. The highest BCUT2D eigenvalue weighted by Crippen LogP contribution is 2.24. The van der Waals surface area contributed by atoms with Crippen molar-refractivity contribution >= 4 is 5.69 Å². The Morgan fingerprint density at radius 3 is 2.31 bits per heavy atom. The van der Waals surface area contributed by atoms with Gasteiger partial charge in [-0.15, -0.1) is 0 Å². The molecule has 0 saturated carbocycles. The SMILES string of the molecule is c1cncc(-c2ccc(N3CCC3)cc2)c1. The summed E-state index contributed by atoms with van der Waals surface area (Å²) in [6.07, 6.45) is 5.03. The number of nitrogens with zero attached hydrogens (tertiary/aromatic N) is 2. The summed E-state index contributed by atoms with van der Waals surface area (Å²) in [6.45, 7) is 2.40. The third-order valence-electron chi connectivity index (χ3n) is 3.08. The molecule has 0 N–H and O–H groups in total. The summed E-state index contributed by atoms with van der Waals surface area (Å²) in [4.78, 5) is 6.53. The summed E-state index contributed by atoms with van der Waals surface area (Å²) >= 11 is 0. The quantitative estimate of drug-likeness (QED) is 0.757. The van der Waals surface area contributed by atoms with Gasteiger partial charge in [0.05, 0.1) is 0 Å². The number of aromatic nitrogens is 1. The van der Waals surface area contributed by atoms with E-state index in [-0.39, 0.29) is 0 Å². The lowest BCUT2D eigenvalue weighted by Crippen LogP contribution is -2.36. The Morgan fingerprint density at radius 1 is 0.938 bits per heavy atom. The lowest BCUT2D eigenvalue weighted by atomic mass is 10.1. The molecule has 0 radical (unpaired) electrons. The molecule has 2 nitrogen and oxygen atoms in total. The minimum absolute atomic E-state index is 1.18. The van der Waals surface area contributed by atoms with E-state index < -0.39 is 0 Å². The van der Waals surface area contributed by atoms with Crippen LogP contribution >= 0.6 is 0 Å². The molecule has 0 amide bonds. The van der Waals surface area contributed by atoms with Crippen LogP contribution in [0.15, 0.2) is 48.8 Å². The first kappa shape index (κ1) is 9.40. The first-order chi connectivity index (χ1) is 7.93. The summed E-state index contributed by atoms with van der Waals surface area (Å²) < 4.78 is 0. The van der Waals surface area contributed by atoms with E-state index in [4.69, 9.17) is 0 Å². The normalized spacial score (nSPS) is 14.6. The van der Waals surface area contributed by atoms with Crippen molar-refractivity contribution in [3.05, 3.63) is 48.8 Å². The molecular weight excluding hydrogens is 196 g/mol. The number of pyridine rings is 1. The van der Waals surface area contributed by atoms with Crippen LogP contribution in [0.2, 0.25) is 0 Å². The van der Waals surface area contributed by atoms with Crippen LogP contribution in [-0.4, -0.2) is 18.1 Å². The van der Waals surface area contributed by atoms with Gasteiger partial charge in [0.15, 0.2) is 0 Å². The maximum absolute atomic E-state index is 4.14. The fourth-order valence-corrected chi connectivity index (χ4v) is 1.97. The van der Waals surface area contributed by atoms with Gasteiger partial charge in [-0.05, 0) is 35.7 Å². The number of rotatable bonds is 2. The largest absolute Gasteiger partial charge is 0.371 e. The molecule has 1 aliphatic heterocycles. The topological polar surface area (TPSA) is 16.1 Å². The fourth-order valence-electron chi connectivity index (χ4n) is 1.97. The highest BCUT2D eigenvalue weighted by molar-refractivity contribution is 5.65. The smallest absolute Gasteiger partial charge is 0.0366 e. The molecule has 16 heavy (non-hydrogen) atoms. The van der Waals surface area contributed by atoms with E-state index in [0.717, 1.165) is 0 Å². The molecule has 2 heteroatoms. The third-order valence-corrected chi connectivity index (χ3v) is 3.08. The summed E-state index contributed by atoms with van der Waals surface area (Å²) in [5, 5.41) is 0. The van der Waals surface area contributed by atoms with Crippen molar-refractivity contribution in [2.45, 2.75) is 6.42 Å². The van der Waals surface area contributed by atoms with Gasteiger partial charge in [-0.1, -0.05) is 18.2 Å². The van der Waals surface area contributed by atoms with Crippen molar-refractivity contribution in [1.82, 2.24) is 4.98 Å². The van der Waals surface area contributed by atoms with E-state index >= 15 is 0 Å². The number of hydrogen-bond acceptors (Lipinski definition) is 2. The summed E-state index contributed by atoms with van der Waals surface area (Å²) in [5.74, 6) is 0. The molecule has 0 aliphatic carbocycles. The maximum Gasteiger partial charge on any atom is 0.0366 e. The molecule has 2 heterocycles. The fraction of sp³-hybridized carbons (Fsp3) is 0.214. The molecule has 1 aromatic heterocycles. The van der Waals surface area contributed by atoms with Gasteiger partial charge in [0.25, 0.3) is 0 Å². The van der Waals surface area contributed by atoms with Gasteiger partial charge >= 0.3 is 0 Å². The van der Waals surface area contributed by atoms with Crippen LogP contribution < -0.4 is 4.90 Å². The van der Waals surface area contributed by atoms with Gasteiger partial charge < -0.3 is 4.90 Å². The van der Waals surface area contributed by atoms with Crippen LogP contribution in [0.1, 0.15) is 6.42 Å². The predicted octanol–water partition coefficient (Wildman–Crippen LogP) is 2.96. The zero-order valence-electron chi connectivity index (χ0n) is 9.13. The van der Waals surface area contributed by atoms with Crippen molar-refractivity contribution in [1.29, 1.82) is 0 Å². The zero-order valence-corrected chi connectivity index (χ0v) is 9.13. The lowest BCUT2D eigenvalue weighted by Gasteiger charge is -2.33. The Hall–Kier alpha value is -1.83. The second-order valence-corrected chi connectivity index (χ2v) is 4.13. The van der Waals surface area contributed by atoms with E-state index in [0.29, 0.717) is 0 Å². The van der Waals surface area contributed by atoms with E-state index in [2.05, 4.69) is 40.2 Å². The molecule has 80 valence electrons. The minimum Gasteiger partial charge on any atom is -0.371 e. The van der Waals surface area contributed by atoms with Crippen molar-refractivity contribution < 1.29 is 0 Å². The van der Waals surface area contributed by atoms with E-state index in [1.165, 1.54) is 36.3 Å². The number of benzene rings is 1. The number of hydrogen-bond donors (Lipinski definition) is 0. The van der Waals surface area contributed by atoms with Crippen molar-refractivity contribution in [3.63, 3.8) is 0 Å². The van der Waals surface area contributed by atoms with E-state index in [1.54, 1.807) is 6.20 Å². The van der Waals surface area contributed by atoms with Gasteiger partial charge in [0.1, 0.15) is 0 Å². The van der Waals surface area contributed by atoms with Crippen molar-refractivity contribution in [3.8, 4) is 11.1 Å². The molecule has 2 aromatic rings. The van der Waals surface area contributed by atoms with Gasteiger partial charge in [-0.3, -0.25) is 4.98 Å². The van der Waals surface area contributed by atoms with Crippen molar-refractivity contribution in [2.75, 3.05) is 18.0 Å². The Balaban J connectivity index is 1.87. The molecule has 0 spiro atoms. The van der Waals surface area contributed by atoms with Gasteiger partial charge in [0, 0.05) is 31.2 Å². The number of anilines is 1. The van der Waals surface area contributed by atoms with E-state index in [9.17, 15) is 0 Å². The average molecular weight is 210 g/mol. The third kappa shape index (κ3) is 1.67. The standard InChI is InChI=1S/C14H14N2/c1-3-13(11-15-8-1)12-4-6-14(7-5-12)16-9-2-10-16/h1,3-8,11H,2,9-10H2. The zero-order chi connectivity index (χ0) is 10.8. The van der Waals surface area contributed by atoms with Gasteiger partial charge in [-0.25, -0.2) is 0 Å². The molecule has 0 unspecified atom stereocenters. The molecule has 0 atom stereocenters. The van der Waals surface area contributed by atoms with Crippen LogP contribution in [0.5, 0.6) is 0 Å². The van der Waals surface area contributed by atoms with Gasteiger partial charge in [0.2, 0.25) is 0 Å². The Labute approximate surface area is 95.6 Å². The molecule has 1 aliphatic rings. The monoisotopic (exact) mass is 210 g/mol. The molecule has 1 saturated heterocycles. The lowest BCUT2D eigenvalue weighted by molar-refractivity contribution is 0.618. The molecule has 0 bridgehead atoms. The Kier molecular flexibility index (Phi) is 2.33. The van der Waals surface area contributed by atoms with Crippen LogP contribution in [0.25, 0.3) is 11.1 Å². The summed E-state index contributed by atoms with van der Waals surface area (Å²) in [6, 6.07) is 12.8. The van der Waals surface area contributed by atoms with Crippen LogP contribution in [-0.2, 0) is 0 Å². The minimum atomic E-state index is 1.18. The maximum atomic E-state index is 4.14. The van der Waals surface area contributed by atoms with Crippen LogP contribution in [0.4, 0.5) is 5.69 Å². The van der Waals surface area contributed by atoms with Crippen LogP contribution in [0.3, 0.4) is 0 Å². The van der Waals surface area contributed by atoms with Crippen molar-refractivity contribution in [2.24, 2.45) is 0 Å². The average Bonchev–Trinajstić information content (AvgIpc) is 2.29. The summed E-state index contributed by atoms with van der Waals surface area (Å²) in [5.41, 5.74) is 3.74. The first-order valence-corrected chi connectivity index (χ1v) is 5.69. The van der Waals surface area contributed by atoms with E-state index in [1.807, 2.05) is 12.3 Å². The highest BCUT2D eigenvalue weighted by atomic mass is 15.2. The molecule has 3 rings (SSSR count). The predicted molar refractivity (Wildman–Crippen MR) is 66.5 cm³/mol. The molecule has 1 aromatic carbocycles. The highest BCUT2D eigenvalue weighted by Gasteiger charge is 2.13. The molecular formula is C14H14N2. The second kappa shape index (κ2) is 3.97. The second-order valence-electron chi connectivity index (χ2n) is 4.13. The first-order valence-electron chi connectivity index (χ1n) is 5.69. The Morgan fingerprint density at radius 2 is 1.75 bits per heavy atom. The van der Waals surface area contributed by atoms with Crippen LogP contribution in [0, 0.1) is 0 Å². The molecule has 1 fully saturated rings. The Bertz CT molecular complexity index is 458.